The van der Waals surface area contributed by atoms with Gasteiger partial charge in [0.2, 0.25) is 0 Å². The predicted octanol–water partition coefficient (Wildman–Crippen LogP) is 2.62. The van der Waals surface area contributed by atoms with Gasteiger partial charge in [0, 0.05) is 16.3 Å². The third kappa shape index (κ3) is 2.93. The molecule has 4 N–H and O–H groups in total. The summed E-state index contributed by atoms with van der Waals surface area (Å²) in [5.74, 6) is 0.400. The van der Waals surface area contributed by atoms with Crippen molar-refractivity contribution in [3.8, 4) is 11.3 Å². The summed E-state index contributed by atoms with van der Waals surface area (Å²) in [6, 6.07) is 17.7. The van der Waals surface area contributed by atoms with Crippen LogP contribution < -0.4 is 11.5 Å². The number of rotatable bonds is 2. The Balaban J connectivity index is 0.00000161. The first-order valence-corrected chi connectivity index (χ1v) is 6.16. The molecule has 2 aromatic carbocycles. The second-order valence-corrected chi connectivity index (χ2v) is 4.32. The van der Waals surface area contributed by atoms with Crippen LogP contribution in [0.4, 0.5) is 5.82 Å². The normalized spacial score (nSPS) is 9.90. The summed E-state index contributed by atoms with van der Waals surface area (Å²) in [5.41, 5.74) is 12.7. The molecule has 3 aromatic rings. The number of aliphatic imine (C=N–C) groups is 1. The second kappa shape index (κ2) is 6.19. The third-order valence-electron chi connectivity index (χ3n) is 2.95. The quantitative estimate of drug-likeness (QED) is 0.562. The third-order valence-corrected chi connectivity index (χ3v) is 2.95. The highest BCUT2D eigenvalue weighted by Crippen LogP contribution is 2.30. The van der Waals surface area contributed by atoms with E-state index in [9.17, 15) is 0 Å². The molecule has 0 atom stereocenters. The molecule has 0 fully saturated rings. The van der Waals surface area contributed by atoms with Crippen LogP contribution in [-0.2, 0) is 0 Å². The van der Waals surface area contributed by atoms with Gasteiger partial charge in [-0.3, -0.25) is 0 Å². The fraction of sp³-hybridized carbons (Fsp3) is 0. The molecule has 0 aliphatic rings. The molecule has 21 heavy (non-hydrogen) atoms. The average molecular weight is 300 g/mol. The summed E-state index contributed by atoms with van der Waals surface area (Å²) in [7, 11) is 0. The van der Waals surface area contributed by atoms with Crippen molar-refractivity contribution < 1.29 is 0 Å². The van der Waals surface area contributed by atoms with Crippen LogP contribution in [-0.4, -0.2) is 16.2 Å². The van der Waals surface area contributed by atoms with E-state index in [1.54, 1.807) is 0 Å². The topological polar surface area (TPSA) is 90.2 Å². The first-order chi connectivity index (χ1) is 9.75. The molecule has 0 amide bonds. The zero-order valence-electron chi connectivity index (χ0n) is 11.1. The lowest BCUT2D eigenvalue weighted by Crippen LogP contribution is -2.22. The smallest absolute Gasteiger partial charge is 0.192 e. The molecule has 0 saturated heterocycles. The summed E-state index contributed by atoms with van der Waals surface area (Å²) in [4.78, 5) is 4.02. The van der Waals surface area contributed by atoms with Gasteiger partial charge in [-0.2, -0.15) is 4.99 Å². The Labute approximate surface area is 128 Å². The van der Waals surface area contributed by atoms with Crippen molar-refractivity contribution in [1.82, 2.24) is 10.2 Å². The van der Waals surface area contributed by atoms with Gasteiger partial charge in [-0.05, 0) is 0 Å². The molecule has 0 spiro atoms. The van der Waals surface area contributed by atoms with Crippen LogP contribution >= 0.6 is 12.4 Å². The number of fused-ring (bicyclic) bond motifs is 1. The highest BCUT2D eigenvalue weighted by atomic mass is 35.5. The Morgan fingerprint density at radius 2 is 1.43 bits per heavy atom. The summed E-state index contributed by atoms with van der Waals surface area (Å²) >= 11 is 0. The molecular weight excluding hydrogens is 286 g/mol. The monoisotopic (exact) mass is 299 g/mol. The molecule has 6 heteroatoms. The lowest BCUT2D eigenvalue weighted by atomic mass is 10.0. The van der Waals surface area contributed by atoms with Crippen LogP contribution in [0.2, 0.25) is 0 Å². The number of halogens is 1. The van der Waals surface area contributed by atoms with E-state index in [1.165, 1.54) is 0 Å². The Kier molecular flexibility index (Phi) is 4.35. The van der Waals surface area contributed by atoms with E-state index in [0.717, 1.165) is 22.0 Å². The fourth-order valence-corrected chi connectivity index (χ4v) is 2.10. The van der Waals surface area contributed by atoms with Gasteiger partial charge in [-0.15, -0.1) is 22.6 Å². The Hall–Kier alpha value is -2.66. The van der Waals surface area contributed by atoms with E-state index < -0.39 is 0 Å². The van der Waals surface area contributed by atoms with Crippen LogP contribution in [0.15, 0.2) is 59.6 Å². The van der Waals surface area contributed by atoms with E-state index in [0.29, 0.717) is 5.82 Å². The maximum atomic E-state index is 5.42. The number of nitrogens with zero attached hydrogens (tertiary/aromatic N) is 3. The molecule has 0 bridgehead atoms. The summed E-state index contributed by atoms with van der Waals surface area (Å²) < 4.78 is 0. The van der Waals surface area contributed by atoms with Crippen molar-refractivity contribution in [1.29, 1.82) is 0 Å². The van der Waals surface area contributed by atoms with Gasteiger partial charge < -0.3 is 11.5 Å². The molecule has 1 aromatic heterocycles. The molecule has 106 valence electrons. The molecule has 0 aliphatic carbocycles. The number of nitrogens with two attached hydrogens (primary N) is 2. The highest BCUT2D eigenvalue weighted by molar-refractivity contribution is 6.00. The maximum Gasteiger partial charge on any atom is 0.192 e. The van der Waals surface area contributed by atoms with Crippen molar-refractivity contribution in [2.45, 2.75) is 0 Å². The summed E-state index contributed by atoms with van der Waals surface area (Å²) in [6.07, 6.45) is 0. The number of guanidine groups is 1. The van der Waals surface area contributed by atoms with Gasteiger partial charge in [0.25, 0.3) is 0 Å². The van der Waals surface area contributed by atoms with Crippen LogP contribution in [0.3, 0.4) is 0 Å². The maximum absolute atomic E-state index is 5.42. The summed E-state index contributed by atoms with van der Waals surface area (Å²) in [6.45, 7) is 0. The average Bonchev–Trinajstić information content (AvgIpc) is 2.48. The highest BCUT2D eigenvalue weighted by Gasteiger charge is 2.09. The number of hydrogen-bond acceptors (Lipinski definition) is 3. The van der Waals surface area contributed by atoms with Gasteiger partial charge in [-0.25, -0.2) is 0 Å². The SMILES string of the molecule is Cl.NC(N)=Nc1nnc(-c2ccccc2)c2ccccc12. The van der Waals surface area contributed by atoms with Crippen molar-refractivity contribution in [3.63, 3.8) is 0 Å². The zero-order valence-corrected chi connectivity index (χ0v) is 11.9. The Bertz CT molecular complexity index is 782. The standard InChI is InChI=1S/C15H13N5.ClH/c16-15(17)18-14-12-9-5-4-8-11(12)13(19-20-14)10-6-2-1-3-7-10;/h1-9H,(H4,16,17,18,20);1H. The minimum atomic E-state index is -0.0306. The fourth-order valence-electron chi connectivity index (χ4n) is 2.10. The Morgan fingerprint density at radius 3 is 2.10 bits per heavy atom. The minimum Gasteiger partial charge on any atom is -0.370 e. The number of hydrogen-bond donors (Lipinski definition) is 2. The number of aromatic nitrogens is 2. The van der Waals surface area contributed by atoms with E-state index in [4.69, 9.17) is 11.5 Å². The molecule has 0 unspecified atom stereocenters. The molecule has 5 nitrogen and oxygen atoms in total. The van der Waals surface area contributed by atoms with Crippen LogP contribution in [0, 0.1) is 0 Å². The lowest BCUT2D eigenvalue weighted by molar-refractivity contribution is 1.05. The molecule has 0 radical (unpaired) electrons. The van der Waals surface area contributed by atoms with Crippen LogP contribution in [0.1, 0.15) is 0 Å². The first kappa shape index (κ1) is 14.7. The summed E-state index contributed by atoms with van der Waals surface area (Å²) in [5, 5.41) is 10.2. The molecule has 1 heterocycles. The molecular formula is C15H14ClN5. The van der Waals surface area contributed by atoms with Crippen molar-refractivity contribution >= 4 is 35.0 Å². The second-order valence-electron chi connectivity index (χ2n) is 4.32. The lowest BCUT2D eigenvalue weighted by Gasteiger charge is -2.06. The van der Waals surface area contributed by atoms with Gasteiger partial charge in [0.1, 0.15) is 5.69 Å². The van der Waals surface area contributed by atoms with Gasteiger partial charge in [-0.1, -0.05) is 54.6 Å². The minimum absolute atomic E-state index is 0. The van der Waals surface area contributed by atoms with Crippen molar-refractivity contribution in [3.05, 3.63) is 54.6 Å². The zero-order chi connectivity index (χ0) is 13.9. The van der Waals surface area contributed by atoms with E-state index in [2.05, 4.69) is 15.2 Å². The van der Waals surface area contributed by atoms with Gasteiger partial charge in [0.15, 0.2) is 11.8 Å². The predicted molar refractivity (Wildman–Crippen MR) is 87.7 cm³/mol. The largest absolute Gasteiger partial charge is 0.370 e. The first-order valence-electron chi connectivity index (χ1n) is 6.16. The van der Waals surface area contributed by atoms with E-state index in [1.807, 2.05) is 54.6 Å². The van der Waals surface area contributed by atoms with Gasteiger partial charge in [0.05, 0.1) is 0 Å². The number of benzene rings is 2. The van der Waals surface area contributed by atoms with Crippen molar-refractivity contribution in [2.75, 3.05) is 0 Å². The van der Waals surface area contributed by atoms with E-state index >= 15 is 0 Å². The van der Waals surface area contributed by atoms with E-state index in [-0.39, 0.29) is 18.4 Å². The van der Waals surface area contributed by atoms with Crippen LogP contribution in [0.25, 0.3) is 22.0 Å². The molecule has 0 aliphatic heterocycles. The van der Waals surface area contributed by atoms with Gasteiger partial charge >= 0.3 is 0 Å². The molecule has 3 rings (SSSR count). The molecule has 0 saturated carbocycles. The van der Waals surface area contributed by atoms with Crippen LogP contribution in [0.5, 0.6) is 0 Å². The van der Waals surface area contributed by atoms with Crippen molar-refractivity contribution in [2.24, 2.45) is 16.5 Å². The Morgan fingerprint density at radius 1 is 0.810 bits per heavy atom.